The van der Waals surface area contributed by atoms with E-state index in [0.717, 1.165) is 4.57 Å². The van der Waals surface area contributed by atoms with Crippen LogP contribution in [0.5, 0.6) is 0 Å². The van der Waals surface area contributed by atoms with Crippen molar-refractivity contribution in [1.82, 2.24) is 9.55 Å². The van der Waals surface area contributed by atoms with Crippen LogP contribution in [-0.2, 0) is 31.6 Å². The topological polar surface area (TPSA) is 224 Å². The third kappa shape index (κ3) is 8.60. The van der Waals surface area contributed by atoms with E-state index in [1.54, 1.807) is 0 Å². The molecular weight excluding hydrogens is 472 g/mol. The molecule has 0 bridgehead atoms. The number of H-pyrrole nitrogens is 1. The fourth-order valence-corrected chi connectivity index (χ4v) is 5.34. The van der Waals surface area contributed by atoms with Gasteiger partial charge < -0.3 is 24.3 Å². The van der Waals surface area contributed by atoms with Gasteiger partial charge in [-0.15, -0.1) is 0 Å². The van der Waals surface area contributed by atoms with Crippen LogP contribution >= 0.6 is 23.5 Å². The summed E-state index contributed by atoms with van der Waals surface area (Å²) in [6, 6.07) is 0. The molecule has 1 radical (unpaired) electrons. The molecule has 0 saturated carbocycles. The van der Waals surface area contributed by atoms with Gasteiger partial charge in [0.15, 0.2) is 0 Å². The zero-order valence-electron chi connectivity index (χ0n) is 15.1. The summed E-state index contributed by atoms with van der Waals surface area (Å²) in [7, 11) is -16.3. The molecule has 2 heterocycles. The number of hydrogen-bond donors (Lipinski definition) is 5. The Balaban J connectivity index is 0.00000420. The maximum absolute atomic E-state index is 11.8. The second-order valence-electron chi connectivity index (χ2n) is 5.66. The smallest absolute Gasteiger partial charge is 0.352 e. The van der Waals surface area contributed by atoms with E-state index in [2.05, 4.69) is 18.1 Å². The van der Waals surface area contributed by atoms with Gasteiger partial charge in [0.1, 0.15) is 6.23 Å². The Bertz CT molecular complexity index is 986. The van der Waals surface area contributed by atoms with Gasteiger partial charge in [0, 0.05) is 41.3 Å². The summed E-state index contributed by atoms with van der Waals surface area (Å²) in [4.78, 5) is 60.6. The van der Waals surface area contributed by atoms with Crippen molar-refractivity contribution < 1.29 is 51.2 Å². The monoisotopic (exact) mass is 489 g/mol. The molecule has 2 rings (SSSR count). The normalized spacial score (nSPS) is 23.8. The third-order valence-corrected chi connectivity index (χ3v) is 7.18. The largest absolute Gasteiger partial charge is 0.490 e. The summed E-state index contributed by atoms with van der Waals surface area (Å²) in [6.45, 7) is 0.869. The third-order valence-electron chi connectivity index (χ3n) is 3.38. The maximum atomic E-state index is 11.8. The van der Waals surface area contributed by atoms with E-state index >= 15 is 0 Å². The van der Waals surface area contributed by atoms with Crippen molar-refractivity contribution in [3.8, 4) is 0 Å². The first-order valence-corrected chi connectivity index (χ1v) is 12.0. The summed E-state index contributed by atoms with van der Waals surface area (Å²) < 4.78 is 51.7. The second kappa shape index (κ2) is 10.1. The van der Waals surface area contributed by atoms with Crippen LogP contribution in [0.1, 0.15) is 24.6 Å². The molecule has 4 atom stereocenters. The zero-order chi connectivity index (χ0) is 21.3. The molecule has 1 aliphatic heterocycles. The summed E-state index contributed by atoms with van der Waals surface area (Å²) in [6.07, 6.45) is 0.212. The molecule has 0 amide bonds. The first-order valence-electron chi connectivity index (χ1n) is 7.43. The van der Waals surface area contributed by atoms with Gasteiger partial charge in [-0.1, -0.05) is 0 Å². The number of phosphoric acid groups is 3. The molecular formula is C10H17N2NaO13P3. The van der Waals surface area contributed by atoms with Crippen LogP contribution in [0.2, 0.25) is 0 Å². The standard InChI is InChI=1S/C10H17N2O13P3.Na/c1-6-4-12(10(14)11-9(6)13)8-3-2-7(23-8)5-22-27(18,19)25-28(20,21)24-26(15,16)17;/h4,7-8H,2-3,5H2,1H3,(H,18,19)(H,20,21)(H,11,13,14)(H2,15,16,17);. The van der Waals surface area contributed by atoms with Crippen LogP contribution in [-0.4, -0.2) is 71.4 Å². The van der Waals surface area contributed by atoms with Crippen molar-refractivity contribution >= 4 is 53.0 Å². The zero-order valence-corrected chi connectivity index (χ0v) is 19.8. The number of aryl methyl sites for hydroxylation is 1. The van der Waals surface area contributed by atoms with Gasteiger partial charge in [0.05, 0.1) is 12.7 Å². The van der Waals surface area contributed by atoms with Crippen molar-refractivity contribution in [2.45, 2.75) is 32.1 Å². The van der Waals surface area contributed by atoms with Gasteiger partial charge >= 0.3 is 29.2 Å². The van der Waals surface area contributed by atoms with Gasteiger partial charge in [-0.3, -0.25) is 18.9 Å². The molecule has 0 aliphatic carbocycles. The van der Waals surface area contributed by atoms with Crippen molar-refractivity contribution in [2.75, 3.05) is 6.61 Å². The first-order chi connectivity index (χ1) is 12.7. The summed E-state index contributed by atoms with van der Waals surface area (Å²) in [5.74, 6) is 0. The Hall–Kier alpha value is 0.0500. The van der Waals surface area contributed by atoms with Crippen molar-refractivity contribution in [2.24, 2.45) is 0 Å². The second-order valence-corrected chi connectivity index (χ2v) is 10.1. The molecule has 161 valence electrons. The van der Waals surface area contributed by atoms with Crippen LogP contribution in [0.25, 0.3) is 0 Å². The molecule has 1 fully saturated rings. The van der Waals surface area contributed by atoms with E-state index < -0.39 is 53.7 Å². The minimum absolute atomic E-state index is 0. The number of aromatic amines is 1. The average Bonchev–Trinajstić information content (AvgIpc) is 2.94. The average molecular weight is 489 g/mol. The molecule has 0 aromatic carbocycles. The van der Waals surface area contributed by atoms with Gasteiger partial charge in [0.2, 0.25) is 0 Å². The van der Waals surface area contributed by atoms with Crippen LogP contribution in [0.3, 0.4) is 0 Å². The summed E-state index contributed by atoms with van der Waals surface area (Å²) in [5.41, 5.74) is -1.00. The van der Waals surface area contributed by atoms with Gasteiger partial charge in [-0.2, -0.15) is 8.62 Å². The predicted octanol–water partition coefficient (Wildman–Crippen LogP) is -0.515. The van der Waals surface area contributed by atoms with Crippen molar-refractivity contribution in [1.29, 1.82) is 0 Å². The molecule has 19 heteroatoms. The van der Waals surface area contributed by atoms with E-state index in [1.807, 2.05) is 0 Å². The molecule has 4 unspecified atom stereocenters. The summed E-state index contributed by atoms with van der Waals surface area (Å²) in [5, 5.41) is 0. The number of hydrogen-bond acceptors (Lipinski definition) is 9. The Morgan fingerprint density at radius 1 is 1.14 bits per heavy atom. The SMILES string of the molecule is Cc1cn(C2CCC(COP(=O)(O)OP(=O)(O)OP(=O)(O)O)O2)c(=O)[nH]c1=O.[Na]. The van der Waals surface area contributed by atoms with E-state index in [4.69, 9.17) is 19.4 Å². The number of ether oxygens (including phenoxy) is 1. The number of nitrogens with one attached hydrogen (secondary N) is 1. The molecule has 1 aliphatic rings. The van der Waals surface area contributed by atoms with Crippen molar-refractivity contribution in [3.63, 3.8) is 0 Å². The van der Waals surface area contributed by atoms with Crippen LogP contribution < -0.4 is 11.2 Å². The first kappa shape index (κ1) is 27.1. The maximum Gasteiger partial charge on any atom is 0.490 e. The molecule has 29 heavy (non-hydrogen) atoms. The van der Waals surface area contributed by atoms with Crippen molar-refractivity contribution in [3.05, 3.63) is 32.6 Å². The molecule has 15 nitrogen and oxygen atoms in total. The molecule has 1 aromatic heterocycles. The minimum atomic E-state index is -5.59. The Morgan fingerprint density at radius 2 is 1.76 bits per heavy atom. The molecule has 1 aromatic rings. The fraction of sp³-hybridized carbons (Fsp3) is 0.600. The number of phosphoric ester groups is 1. The van der Waals surface area contributed by atoms with Gasteiger partial charge in [-0.25, -0.2) is 18.5 Å². The number of nitrogens with zero attached hydrogens (tertiary/aromatic N) is 1. The van der Waals surface area contributed by atoms with E-state index in [-0.39, 0.29) is 48.0 Å². The molecule has 1 saturated heterocycles. The quantitative estimate of drug-likeness (QED) is 0.229. The van der Waals surface area contributed by atoms with E-state index in [1.165, 1.54) is 13.1 Å². The Morgan fingerprint density at radius 3 is 2.34 bits per heavy atom. The Kier molecular flexibility index (Phi) is 9.44. The van der Waals surface area contributed by atoms with Gasteiger partial charge in [-0.05, 0) is 19.8 Å². The van der Waals surface area contributed by atoms with Crippen LogP contribution in [0.15, 0.2) is 15.8 Å². The number of rotatable bonds is 8. The summed E-state index contributed by atoms with van der Waals surface area (Å²) >= 11 is 0. The Labute approximate surface area is 184 Å². The van der Waals surface area contributed by atoms with Crippen LogP contribution in [0.4, 0.5) is 0 Å². The molecule has 5 N–H and O–H groups in total. The fourth-order valence-electron chi connectivity index (χ4n) is 2.29. The predicted molar refractivity (Wildman–Crippen MR) is 94.8 cm³/mol. The van der Waals surface area contributed by atoms with Crippen LogP contribution in [0, 0.1) is 6.92 Å². The van der Waals surface area contributed by atoms with E-state index in [9.17, 15) is 28.2 Å². The van der Waals surface area contributed by atoms with Gasteiger partial charge in [0.25, 0.3) is 5.56 Å². The molecule has 0 spiro atoms. The van der Waals surface area contributed by atoms with E-state index in [0.29, 0.717) is 0 Å². The minimum Gasteiger partial charge on any atom is -0.352 e. The number of aromatic nitrogens is 2.